The lowest BCUT2D eigenvalue weighted by Gasteiger charge is -2.29. The first-order chi connectivity index (χ1) is 8.06. The topological polar surface area (TPSA) is 70.4 Å². The largest absolute Gasteiger partial charge is 0.391 e. The van der Waals surface area contributed by atoms with Crippen molar-refractivity contribution in [1.29, 1.82) is 0 Å². The van der Waals surface area contributed by atoms with Crippen molar-refractivity contribution < 1.29 is 9.90 Å². The van der Waals surface area contributed by atoms with Gasteiger partial charge in [-0.15, -0.1) is 0 Å². The highest BCUT2D eigenvalue weighted by Gasteiger charge is 2.22. The third-order valence-electron chi connectivity index (χ3n) is 3.03. The van der Waals surface area contributed by atoms with E-state index in [1.54, 1.807) is 9.58 Å². The Morgan fingerprint density at radius 1 is 1.65 bits per heavy atom. The highest BCUT2D eigenvalue weighted by molar-refractivity contribution is 5.88. The number of hydrogen-bond donors (Lipinski definition) is 2. The number of carbonyl (C=O) groups is 1. The van der Waals surface area contributed by atoms with E-state index in [1.807, 2.05) is 20.0 Å². The number of aromatic nitrogens is 2. The van der Waals surface area contributed by atoms with Crippen LogP contribution in [0.4, 0.5) is 10.6 Å². The van der Waals surface area contributed by atoms with Crippen molar-refractivity contribution in [3.8, 4) is 0 Å². The summed E-state index contributed by atoms with van der Waals surface area (Å²) in [4.78, 5) is 13.5. The van der Waals surface area contributed by atoms with Gasteiger partial charge in [0.2, 0.25) is 0 Å². The normalized spacial score (nSPS) is 20.4. The number of hydrogen-bond acceptors (Lipinski definition) is 3. The number of piperidine rings is 1. The zero-order valence-electron chi connectivity index (χ0n) is 10.2. The lowest BCUT2D eigenvalue weighted by Crippen LogP contribution is -2.44. The van der Waals surface area contributed by atoms with E-state index in [2.05, 4.69) is 10.4 Å². The van der Waals surface area contributed by atoms with Crippen LogP contribution >= 0.6 is 0 Å². The molecule has 94 valence electrons. The number of nitrogens with zero attached hydrogens (tertiary/aromatic N) is 3. The molecule has 17 heavy (non-hydrogen) atoms. The van der Waals surface area contributed by atoms with Crippen LogP contribution in [0.1, 0.15) is 18.5 Å². The van der Waals surface area contributed by atoms with Crippen LogP contribution in [0.25, 0.3) is 0 Å². The lowest BCUT2D eigenvalue weighted by atomic mass is 10.1. The fraction of sp³-hybridized carbons (Fsp3) is 0.636. The molecule has 1 aromatic heterocycles. The Balaban J connectivity index is 1.96. The maximum absolute atomic E-state index is 11.9. The van der Waals surface area contributed by atoms with Gasteiger partial charge in [0, 0.05) is 31.9 Å². The maximum atomic E-state index is 11.9. The summed E-state index contributed by atoms with van der Waals surface area (Å²) >= 11 is 0. The second-order valence-electron chi connectivity index (χ2n) is 4.47. The summed E-state index contributed by atoms with van der Waals surface area (Å²) in [6.45, 7) is 3.01. The molecular formula is C11H18N4O2. The third kappa shape index (κ3) is 2.76. The van der Waals surface area contributed by atoms with E-state index in [0.717, 1.165) is 18.5 Å². The van der Waals surface area contributed by atoms with Crippen LogP contribution in [0.3, 0.4) is 0 Å². The molecule has 6 nitrogen and oxygen atoms in total. The van der Waals surface area contributed by atoms with Crippen molar-refractivity contribution in [2.45, 2.75) is 25.9 Å². The fourth-order valence-electron chi connectivity index (χ4n) is 1.95. The first-order valence-electron chi connectivity index (χ1n) is 5.81. The first-order valence-corrected chi connectivity index (χ1v) is 5.81. The Morgan fingerprint density at radius 3 is 3.00 bits per heavy atom. The molecule has 2 rings (SSSR count). The summed E-state index contributed by atoms with van der Waals surface area (Å²) in [5.41, 5.74) is 0.985. The Hall–Kier alpha value is -1.56. The van der Waals surface area contributed by atoms with E-state index in [0.29, 0.717) is 18.9 Å². The quantitative estimate of drug-likeness (QED) is 0.757. The molecule has 1 atom stereocenters. The Bertz CT molecular complexity index is 396. The van der Waals surface area contributed by atoms with E-state index in [9.17, 15) is 9.90 Å². The van der Waals surface area contributed by atoms with Gasteiger partial charge >= 0.3 is 6.03 Å². The van der Waals surface area contributed by atoms with Crippen LogP contribution in [-0.2, 0) is 7.05 Å². The molecule has 1 fully saturated rings. The summed E-state index contributed by atoms with van der Waals surface area (Å²) < 4.78 is 1.71. The van der Waals surface area contributed by atoms with Crippen molar-refractivity contribution in [3.05, 3.63) is 11.8 Å². The van der Waals surface area contributed by atoms with E-state index in [4.69, 9.17) is 0 Å². The second kappa shape index (κ2) is 4.75. The van der Waals surface area contributed by atoms with Gasteiger partial charge in [-0.1, -0.05) is 0 Å². The number of aryl methyl sites for hydroxylation is 2. The van der Waals surface area contributed by atoms with Gasteiger partial charge in [-0.3, -0.25) is 10.00 Å². The van der Waals surface area contributed by atoms with Crippen molar-refractivity contribution >= 4 is 11.8 Å². The Morgan fingerprint density at radius 2 is 2.41 bits per heavy atom. The van der Waals surface area contributed by atoms with Crippen LogP contribution in [0.2, 0.25) is 0 Å². The van der Waals surface area contributed by atoms with Crippen molar-refractivity contribution in [3.63, 3.8) is 0 Å². The van der Waals surface area contributed by atoms with Crippen LogP contribution in [0, 0.1) is 6.92 Å². The first kappa shape index (κ1) is 11.9. The molecule has 0 bridgehead atoms. The van der Waals surface area contributed by atoms with Gasteiger partial charge < -0.3 is 10.0 Å². The van der Waals surface area contributed by atoms with E-state index < -0.39 is 6.10 Å². The van der Waals surface area contributed by atoms with Gasteiger partial charge in [0.15, 0.2) is 5.82 Å². The van der Waals surface area contributed by atoms with Gasteiger partial charge in [0.25, 0.3) is 0 Å². The minimum Gasteiger partial charge on any atom is -0.391 e. The number of rotatable bonds is 1. The molecule has 0 spiro atoms. The van der Waals surface area contributed by atoms with Crippen LogP contribution < -0.4 is 5.32 Å². The zero-order valence-corrected chi connectivity index (χ0v) is 10.2. The molecule has 0 radical (unpaired) electrons. The molecular weight excluding hydrogens is 220 g/mol. The van der Waals surface area contributed by atoms with E-state index >= 15 is 0 Å². The molecule has 1 aliphatic heterocycles. The van der Waals surface area contributed by atoms with Gasteiger partial charge in [0.1, 0.15) is 0 Å². The van der Waals surface area contributed by atoms with Crippen molar-refractivity contribution in [2.75, 3.05) is 18.4 Å². The van der Waals surface area contributed by atoms with Crippen molar-refractivity contribution in [2.24, 2.45) is 7.05 Å². The molecule has 0 aliphatic carbocycles. The predicted octanol–water partition coefficient (Wildman–Crippen LogP) is 0.717. The number of carbonyl (C=O) groups excluding carboxylic acids is 1. The summed E-state index contributed by atoms with van der Waals surface area (Å²) in [5, 5.41) is 16.4. The smallest absolute Gasteiger partial charge is 0.323 e. The summed E-state index contributed by atoms with van der Waals surface area (Å²) in [7, 11) is 1.83. The molecule has 6 heteroatoms. The molecule has 2 N–H and O–H groups in total. The molecule has 0 aromatic carbocycles. The Kier molecular flexibility index (Phi) is 3.33. The van der Waals surface area contributed by atoms with Gasteiger partial charge in [-0.2, -0.15) is 5.10 Å². The van der Waals surface area contributed by atoms with Gasteiger partial charge in [-0.25, -0.2) is 4.79 Å². The summed E-state index contributed by atoms with van der Waals surface area (Å²) in [5.74, 6) is 0.551. The van der Waals surface area contributed by atoms with E-state index in [-0.39, 0.29) is 6.03 Å². The molecule has 2 heterocycles. The Labute approximate surface area is 100 Å². The minimum atomic E-state index is -0.403. The third-order valence-corrected chi connectivity index (χ3v) is 3.03. The number of aliphatic hydroxyl groups is 1. The van der Waals surface area contributed by atoms with E-state index in [1.165, 1.54) is 0 Å². The van der Waals surface area contributed by atoms with Crippen molar-refractivity contribution in [1.82, 2.24) is 14.7 Å². The molecule has 2 amide bonds. The average Bonchev–Trinajstić information content (AvgIpc) is 2.58. The predicted molar refractivity (Wildman–Crippen MR) is 63.8 cm³/mol. The summed E-state index contributed by atoms with van der Waals surface area (Å²) in [6, 6.07) is 1.63. The molecule has 1 unspecified atom stereocenters. The number of β-amino-alcohol motifs (C(OH)–C–C–N with tert-alkyl or cyclic N) is 1. The monoisotopic (exact) mass is 238 g/mol. The number of nitrogens with one attached hydrogen (secondary N) is 1. The number of amides is 2. The van der Waals surface area contributed by atoms with Crippen LogP contribution in [0.15, 0.2) is 6.07 Å². The molecule has 1 aromatic rings. The SMILES string of the molecule is Cc1cc(NC(=O)N2CCCC(O)C2)nn1C. The number of likely N-dealkylation sites (tertiary alicyclic amines) is 1. The maximum Gasteiger partial charge on any atom is 0.323 e. The standard InChI is InChI=1S/C11H18N4O2/c1-8-6-10(13-14(8)2)12-11(17)15-5-3-4-9(16)7-15/h6,9,16H,3-5,7H2,1-2H3,(H,12,13,17). The molecule has 1 aliphatic rings. The fourth-order valence-corrected chi connectivity index (χ4v) is 1.95. The van der Waals surface area contributed by atoms with Gasteiger partial charge in [0.05, 0.1) is 6.10 Å². The van der Waals surface area contributed by atoms with Crippen LogP contribution in [0.5, 0.6) is 0 Å². The van der Waals surface area contributed by atoms with Crippen LogP contribution in [-0.4, -0.2) is 45.0 Å². The minimum absolute atomic E-state index is 0.193. The zero-order chi connectivity index (χ0) is 12.4. The highest BCUT2D eigenvalue weighted by atomic mass is 16.3. The number of urea groups is 1. The molecule has 1 saturated heterocycles. The average molecular weight is 238 g/mol. The van der Waals surface area contributed by atoms with Gasteiger partial charge in [-0.05, 0) is 19.8 Å². The summed E-state index contributed by atoms with van der Waals surface area (Å²) in [6.07, 6.45) is 1.21. The second-order valence-corrected chi connectivity index (χ2v) is 4.47. The lowest BCUT2D eigenvalue weighted by molar-refractivity contribution is 0.0883. The number of anilines is 1. The highest BCUT2D eigenvalue weighted by Crippen LogP contribution is 2.12. The molecule has 0 saturated carbocycles. The number of aliphatic hydroxyl groups excluding tert-OH is 1.